The minimum Gasteiger partial charge on any atom is -0.405 e. The second-order valence-corrected chi connectivity index (χ2v) is 11.6. The molecule has 2 aliphatic rings. The Kier molecular flexibility index (Phi) is 16.6. The van der Waals surface area contributed by atoms with Crippen LogP contribution in [-0.2, 0) is 6.42 Å². The van der Waals surface area contributed by atoms with Gasteiger partial charge in [0.15, 0.2) is 5.67 Å². The molecule has 2 heterocycles. The molecule has 244 valence electrons. The highest BCUT2D eigenvalue weighted by atomic mass is 19.2. The third-order valence-electron chi connectivity index (χ3n) is 7.78. The fourth-order valence-corrected chi connectivity index (χ4v) is 4.90. The summed E-state index contributed by atoms with van der Waals surface area (Å²) in [5.74, 6) is 0. The number of benzene rings is 1. The molecule has 3 rings (SSSR count). The van der Waals surface area contributed by atoms with Crippen LogP contribution in [0.2, 0.25) is 0 Å². The molecule has 0 spiro atoms. The first-order valence-corrected chi connectivity index (χ1v) is 15.7. The van der Waals surface area contributed by atoms with Crippen molar-refractivity contribution in [3.63, 3.8) is 0 Å². The van der Waals surface area contributed by atoms with Crippen molar-refractivity contribution in [1.29, 1.82) is 0 Å². The molecule has 0 fully saturated rings. The zero-order valence-corrected chi connectivity index (χ0v) is 27.5. The molecule has 2 aliphatic heterocycles. The number of aryl methyl sites for hydroxylation is 1. The molecule has 0 bridgehead atoms. The van der Waals surface area contributed by atoms with E-state index in [4.69, 9.17) is 17.2 Å². The zero-order chi connectivity index (χ0) is 32.6. The van der Waals surface area contributed by atoms with Crippen molar-refractivity contribution in [2.24, 2.45) is 17.2 Å². The van der Waals surface area contributed by atoms with Crippen molar-refractivity contribution >= 4 is 0 Å². The monoisotopic (exact) mass is 604 g/mol. The number of aliphatic hydroxyl groups is 1. The van der Waals surface area contributed by atoms with Crippen LogP contribution in [-0.4, -0.2) is 53.9 Å². The summed E-state index contributed by atoms with van der Waals surface area (Å²) < 4.78 is 28.8. The molecule has 9 heteroatoms. The molecule has 1 aromatic rings. The van der Waals surface area contributed by atoms with Gasteiger partial charge in [-0.3, -0.25) is 0 Å². The number of alkyl halides is 2. The number of fused-ring (bicyclic) bond motifs is 1. The third kappa shape index (κ3) is 11.6. The summed E-state index contributed by atoms with van der Waals surface area (Å²) in [5, 5.41) is 15.9. The molecule has 4 unspecified atom stereocenters. The van der Waals surface area contributed by atoms with E-state index < -0.39 is 18.1 Å². The van der Waals surface area contributed by atoms with Crippen LogP contribution in [0, 0.1) is 0 Å². The van der Waals surface area contributed by atoms with Crippen LogP contribution in [0.4, 0.5) is 8.78 Å². The average Bonchev–Trinajstić information content (AvgIpc) is 3.40. The first-order valence-electron chi connectivity index (χ1n) is 15.7. The predicted octanol–water partition coefficient (Wildman–Crippen LogP) is 5.64. The van der Waals surface area contributed by atoms with Gasteiger partial charge >= 0.3 is 0 Å². The maximum absolute atomic E-state index is 15.3. The van der Waals surface area contributed by atoms with Crippen LogP contribution in [0.3, 0.4) is 0 Å². The van der Waals surface area contributed by atoms with Gasteiger partial charge in [-0.25, -0.2) is 8.78 Å². The van der Waals surface area contributed by atoms with E-state index in [0.717, 1.165) is 49.7 Å². The van der Waals surface area contributed by atoms with Crippen molar-refractivity contribution < 1.29 is 13.9 Å². The lowest BCUT2D eigenvalue weighted by Gasteiger charge is -2.38. The van der Waals surface area contributed by atoms with Crippen molar-refractivity contribution in [2.45, 2.75) is 110 Å². The molecule has 1 aromatic carbocycles. The van der Waals surface area contributed by atoms with Crippen LogP contribution in [0.5, 0.6) is 0 Å². The van der Waals surface area contributed by atoms with Crippen LogP contribution in [0.25, 0.3) is 0 Å². The van der Waals surface area contributed by atoms with Gasteiger partial charge in [0.2, 0.25) is 0 Å². The zero-order valence-electron chi connectivity index (χ0n) is 27.5. The number of nitrogens with two attached hydrogens (primary N) is 3. The quantitative estimate of drug-likeness (QED) is 0.161. The van der Waals surface area contributed by atoms with Gasteiger partial charge in [0.25, 0.3) is 0 Å². The number of likely N-dealkylation sites (N-methyl/N-ethyl adjacent to an activating group) is 1. The van der Waals surface area contributed by atoms with E-state index >= 15 is 4.39 Å². The molecule has 0 saturated carbocycles. The summed E-state index contributed by atoms with van der Waals surface area (Å²) in [4.78, 5) is 1.90. The van der Waals surface area contributed by atoms with E-state index in [1.54, 1.807) is 13.1 Å². The molecule has 0 aliphatic carbocycles. The van der Waals surface area contributed by atoms with Gasteiger partial charge in [-0.2, -0.15) is 0 Å². The highest BCUT2D eigenvalue weighted by Gasteiger charge is 2.41. The van der Waals surface area contributed by atoms with E-state index in [0.29, 0.717) is 23.4 Å². The van der Waals surface area contributed by atoms with Crippen molar-refractivity contribution in [3.8, 4) is 0 Å². The Balaban J connectivity index is 0.000000418. The Labute approximate surface area is 259 Å². The summed E-state index contributed by atoms with van der Waals surface area (Å²) in [6.07, 6.45) is 11.0. The standard InChI is InChI=1S/C19H32F2N4.C8H10.C7H16N2O/c1-5-7-8-14(22)10-23-17-15(19(21,6-2)12-20)11-25(4)18-16(17)13(3)9-24-18;1-2-8-6-4-3-5-7-8;1-3-4-6(5-8)7(2,9)10/h9,11,14,18,23-24H,5-8,10,12,22H2,1-4H3;3-7H,2H2,1H3;5,10H,3-4,8-9H2,1-2H3/b;;6-5+. The number of halogens is 2. The van der Waals surface area contributed by atoms with Crippen LogP contribution < -0.4 is 27.8 Å². The number of hydrogen-bond donors (Lipinski definition) is 6. The van der Waals surface area contributed by atoms with E-state index in [-0.39, 0.29) is 18.6 Å². The molecule has 4 atom stereocenters. The van der Waals surface area contributed by atoms with Crippen molar-refractivity contribution in [1.82, 2.24) is 15.5 Å². The Bertz CT molecular complexity index is 1070. The van der Waals surface area contributed by atoms with Gasteiger partial charge in [-0.15, -0.1) is 0 Å². The van der Waals surface area contributed by atoms with Gasteiger partial charge in [0.1, 0.15) is 18.6 Å². The minimum atomic E-state index is -2.00. The highest BCUT2D eigenvalue weighted by Crippen LogP contribution is 2.39. The van der Waals surface area contributed by atoms with E-state index in [1.165, 1.54) is 18.7 Å². The topological polar surface area (TPSA) is 126 Å². The second kappa shape index (κ2) is 18.7. The number of hydrogen-bond acceptors (Lipinski definition) is 7. The first kappa shape index (κ1) is 38.1. The van der Waals surface area contributed by atoms with E-state index in [1.807, 2.05) is 38.1 Å². The first-order chi connectivity index (χ1) is 20.3. The molecule has 0 aromatic heterocycles. The normalized spacial score (nSPS) is 19.7. The number of nitrogens with zero attached hydrogens (tertiary/aromatic N) is 1. The van der Waals surface area contributed by atoms with Crippen LogP contribution in [0.1, 0.15) is 85.6 Å². The van der Waals surface area contributed by atoms with Crippen LogP contribution in [0.15, 0.2) is 76.9 Å². The fourth-order valence-electron chi connectivity index (χ4n) is 4.90. The molecule has 9 N–H and O–H groups in total. The summed E-state index contributed by atoms with van der Waals surface area (Å²) in [6.45, 7) is 11.0. The molecule has 0 amide bonds. The second-order valence-electron chi connectivity index (χ2n) is 11.6. The lowest BCUT2D eigenvalue weighted by Crippen LogP contribution is -2.46. The Morgan fingerprint density at radius 1 is 1.19 bits per heavy atom. The molecular weight excluding hydrogens is 546 g/mol. The van der Waals surface area contributed by atoms with Gasteiger partial charge in [-0.1, -0.05) is 77.3 Å². The summed E-state index contributed by atoms with van der Waals surface area (Å²) in [5.41, 5.74) is 18.7. The summed E-state index contributed by atoms with van der Waals surface area (Å²) >= 11 is 0. The third-order valence-corrected chi connectivity index (χ3v) is 7.78. The molecule has 43 heavy (non-hydrogen) atoms. The van der Waals surface area contributed by atoms with Crippen molar-refractivity contribution in [2.75, 3.05) is 20.3 Å². The van der Waals surface area contributed by atoms with Gasteiger partial charge in [0.05, 0.1) is 0 Å². The largest absolute Gasteiger partial charge is 0.405 e. The lowest BCUT2D eigenvalue weighted by atomic mass is 9.86. The highest BCUT2D eigenvalue weighted by molar-refractivity contribution is 5.54. The Hall–Kier alpha value is -2.88. The maximum atomic E-state index is 15.3. The predicted molar refractivity (Wildman–Crippen MR) is 177 cm³/mol. The number of rotatable bonds is 13. The Morgan fingerprint density at radius 2 is 1.84 bits per heavy atom. The number of nitrogens with one attached hydrogen (secondary N) is 2. The SMILES string of the molecule is CCC/C(=C\N)C(C)(N)O.CCCCC(N)CNC1=C2C(C)=CNC2N(C)C=C1C(F)(CC)CF.CCc1ccccc1. The molecule has 0 radical (unpaired) electrons. The average molecular weight is 605 g/mol. The fraction of sp³-hybridized carbons (Fsp3) is 0.588. The van der Waals surface area contributed by atoms with E-state index in [2.05, 4.69) is 48.7 Å². The number of allylic oxidation sites excluding steroid dienone is 1. The van der Waals surface area contributed by atoms with Gasteiger partial charge in [0, 0.05) is 48.9 Å². The summed E-state index contributed by atoms with van der Waals surface area (Å²) in [7, 11) is 1.88. The van der Waals surface area contributed by atoms with E-state index in [9.17, 15) is 9.50 Å². The van der Waals surface area contributed by atoms with Gasteiger partial charge < -0.3 is 37.8 Å². The maximum Gasteiger partial charge on any atom is 0.167 e. The molecule has 7 nitrogen and oxygen atoms in total. The summed E-state index contributed by atoms with van der Waals surface area (Å²) in [6, 6.07) is 10.4. The van der Waals surface area contributed by atoms with Crippen LogP contribution >= 0.6 is 0 Å². The Morgan fingerprint density at radius 3 is 2.28 bits per heavy atom. The van der Waals surface area contributed by atoms with Gasteiger partial charge in [-0.05, 0) is 62.4 Å². The minimum absolute atomic E-state index is 0.00734. The van der Waals surface area contributed by atoms with Crippen molar-refractivity contribution in [3.05, 3.63) is 82.5 Å². The molecule has 0 saturated heterocycles. The molecular formula is C34H58F2N6O. The smallest absolute Gasteiger partial charge is 0.167 e. The number of unbranched alkanes of at least 4 members (excludes halogenated alkanes) is 1. The lowest BCUT2D eigenvalue weighted by molar-refractivity contribution is 0.102.